The quantitative estimate of drug-likeness (QED) is 0.660. The highest BCUT2D eigenvalue weighted by Gasteiger charge is 2.28. The molecule has 0 spiro atoms. The average Bonchev–Trinajstić information content (AvgIpc) is 3.58. The van der Waals surface area contributed by atoms with Crippen LogP contribution in [0.1, 0.15) is 23.2 Å². The monoisotopic (exact) mass is 436 g/mol. The Morgan fingerprint density at radius 2 is 1.60 bits per heavy atom. The van der Waals surface area contributed by atoms with Crippen LogP contribution < -0.4 is 5.32 Å². The maximum absolute atomic E-state index is 12.8. The Kier molecular flexibility index (Phi) is 6.37. The molecule has 0 radical (unpaired) electrons. The van der Waals surface area contributed by atoms with Crippen LogP contribution in [0.25, 0.3) is 0 Å². The summed E-state index contributed by atoms with van der Waals surface area (Å²) >= 11 is 0. The lowest BCUT2D eigenvalue weighted by Gasteiger charge is -2.34. The minimum Gasteiger partial charge on any atom is -0.379 e. The summed E-state index contributed by atoms with van der Waals surface area (Å²) in [4.78, 5) is 28.7. The van der Waals surface area contributed by atoms with Crippen molar-refractivity contribution >= 4 is 21.8 Å². The van der Waals surface area contributed by atoms with Crippen LogP contribution >= 0.6 is 0 Å². The Hall–Kier alpha value is -2.01. The van der Waals surface area contributed by atoms with Crippen LogP contribution in [0.4, 0.5) is 0 Å². The van der Waals surface area contributed by atoms with E-state index in [1.165, 1.54) is 16.4 Å². The van der Waals surface area contributed by atoms with E-state index in [9.17, 15) is 18.0 Å². The van der Waals surface area contributed by atoms with E-state index in [4.69, 9.17) is 4.74 Å². The van der Waals surface area contributed by atoms with Crippen molar-refractivity contribution < 1.29 is 22.7 Å². The van der Waals surface area contributed by atoms with Gasteiger partial charge >= 0.3 is 0 Å². The van der Waals surface area contributed by atoms with Gasteiger partial charge in [0, 0.05) is 50.9 Å². The lowest BCUT2D eigenvalue weighted by Crippen LogP contribution is -2.51. The number of rotatable bonds is 6. The predicted molar refractivity (Wildman–Crippen MR) is 110 cm³/mol. The molecule has 0 aromatic heterocycles. The van der Waals surface area contributed by atoms with Crippen LogP contribution in [-0.2, 0) is 19.6 Å². The summed E-state index contributed by atoms with van der Waals surface area (Å²) in [6.07, 6.45) is 2.14. The van der Waals surface area contributed by atoms with Crippen molar-refractivity contribution in [2.45, 2.75) is 23.8 Å². The van der Waals surface area contributed by atoms with Gasteiger partial charge in [-0.1, -0.05) is 0 Å². The molecule has 2 amide bonds. The van der Waals surface area contributed by atoms with E-state index in [0.29, 0.717) is 70.6 Å². The molecule has 2 aliphatic heterocycles. The minimum absolute atomic E-state index is 0.0503. The highest BCUT2D eigenvalue weighted by atomic mass is 32.2. The zero-order valence-electron chi connectivity index (χ0n) is 17.0. The van der Waals surface area contributed by atoms with Crippen molar-refractivity contribution in [3.8, 4) is 0 Å². The van der Waals surface area contributed by atoms with Gasteiger partial charge < -0.3 is 15.0 Å². The molecule has 1 aromatic carbocycles. The number of hydrogen-bond donors (Lipinski definition) is 1. The molecule has 1 aromatic rings. The van der Waals surface area contributed by atoms with Crippen molar-refractivity contribution in [1.82, 2.24) is 19.4 Å². The van der Waals surface area contributed by atoms with Gasteiger partial charge in [0.05, 0.1) is 24.7 Å². The lowest BCUT2D eigenvalue weighted by atomic mass is 10.2. The summed E-state index contributed by atoms with van der Waals surface area (Å²) in [5.74, 6) is -0.0678. The molecule has 10 heteroatoms. The number of sulfonamides is 1. The number of nitrogens with one attached hydrogen (secondary N) is 1. The topological polar surface area (TPSA) is 99.3 Å². The Labute approximate surface area is 177 Å². The number of benzene rings is 1. The zero-order chi connectivity index (χ0) is 21.1. The molecular weight excluding hydrogens is 408 g/mol. The number of carbonyl (C=O) groups excluding carboxylic acids is 2. The third kappa shape index (κ3) is 5.00. The van der Waals surface area contributed by atoms with Crippen molar-refractivity contribution in [3.63, 3.8) is 0 Å². The summed E-state index contributed by atoms with van der Waals surface area (Å²) in [6.45, 7) is 4.21. The molecule has 0 bridgehead atoms. The van der Waals surface area contributed by atoms with E-state index in [-0.39, 0.29) is 16.7 Å². The third-order valence-corrected chi connectivity index (χ3v) is 7.59. The van der Waals surface area contributed by atoms with Gasteiger partial charge in [0.25, 0.3) is 5.91 Å². The molecule has 2 heterocycles. The van der Waals surface area contributed by atoms with Crippen molar-refractivity contribution in [2.24, 2.45) is 0 Å². The maximum atomic E-state index is 12.8. The molecule has 9 nitrogen and oxygen atoms in total. The van der Waals surface area contributed by atoms with E-state index >= 15 is 0 Å². The molecule has 164 valence electrons. The predicted octanol–water partition coefficient (Wildman–Crippen LogP) is -0.256. The number of piperazine rings is 1. The van der Waals surface area contributed by atoms with Gasteiger partial charge in [0.15, 0.2) is 0 Å². The van der Waals surface area contributed by atoms with Gasteiger partial charge in [-0.05, 0) is 37.1 Å². The van der Waals surface area contributed by atoms with Crippen LogP contribution in [0.5, 0.6) is 0 Å². The number of ether oxygens (including phenoxy) is 1. The first-order valence-corrected chi connectivity index (χ1v) is 11.9. The molecule has 2 saturated heterocycles. The zero-order valence-corrected chi connectivity index (χ0v) is 17.8. The summed E-state index contributed by atoms with van der Waals surface area (Å²) < 4.78 is 32.0. The van der Waals surface area contributed by atoms with Gasteiger partial charge in [-0.15, -0.1) is 0 Å². The second kappa shape index (κ2) is 9.01. The summed E-state index contributed by atoms with van der Waals surface area (Å²) in [5.41, 5.74) is 0.468. The smallest absolute Gasteiger partial charge is 0.253 e. The molecule has 0 unspecified atom stereocenters. The molecule has 0 atom stereocenters. The SMILES string of the molecule is O=C(CN1CCN(C(=O)c2ccc(S(=O)(=O)N3CCOCC3)cc2)CC1)NC1CC1. The standard InChI is InChI=1S/C20H28N4O5S/c25-19(21-17-3-4-17)15-22-7-9-23(10-8-22)20(26)16-1-5-18(6-2-16)30(27,28)24-11-13-29-14-12-24/h1-2,5-6,17H,3-4,7-15H2,(H,21,25). The first kappa shape index (κ1) is 21.2. The molecule has 1 N–H and O–H groups in total. The Balaban J connectivity index is 1.31. The highest BCUT2D eigenvalue weighted by molar-refractivity contribution is 7.89. The Morgan fingerprint density at radius 1 is 0.967 bits per heavy atom. The van der Waals surface area contributed by atoms with Crippen LogP contribution in [-0.4, -0.2) is 99.4 Å². The van der Waals surface area contributed by atoms with Gasteiger partial charge in [0.1, 0.15) is 0 Å². The highest BCUT2D eigenvalue weighted by Crippen LogP contribution is 2.20. The normalized spacial score (nSPS) is 21.4. The number of amides is 2. The van der Waals surface area contributed by atoms with Gasteiger partial charge in [-0.2, -0.15) is 4.31 Å². The third-order valence-electron chi connectivity index (χ3n) is 5.68. The fourth-order valence-electron chi connectivity index (χ4n) is 3.70. The summed E-state index contributed by atoms with van der Waals surface area (Å²) in [5, 5.41) is 2.98. The Morgan fingerprint density at radius 3 is 2.20 bits per heavy atom. The van der Waals surface area contributed by atoms with E-state index in [2.05, 4.69) is 10.2 Å². The number of hydrogen-bond acceptors (Lipinski definition) is 6. The molecule has 3 fully saturated rings. The van der Waals surface area contributed by atoms with Gasteiger partial charge in [0.2, 0.25) is 15.9 Å². The molecule has 4 rings (SSSR count). The van der Waals surface area contributed by atoms with Crippen LogP contribution in [0, 0.1) is 0 Å². The van der Waals surface area contributed by atoms with E-state index in [0.717, 1.165) is 12.8 Å². The number of nitrogens with zero attached hydrogens (tertiary/aromatic N) is 3. The van der Waals surface area contributed by atoms with Gasteiger partial charge in [-0.3, -0.25) is 14.5 Å². The lowest BCUT2D eigenvalue weighted by molar-refractivity contribution is -0.122. The summed E-state index contributed by atoms with van der Waals surface area (Å²) in [7, 11) is -3.57. The first-order valence-electron chi connectivity index (χ1n) is 10.4. The van der Waals surface area contributed by atoms with Gasteiger partial charge in [-0.25, -0.2) is 8.42 Å². The van der Waals surface area contributed by atoms with E-state index in [1.807, 2.05) is 0 Å². The fraction of sp³-hybridized carbons (Fsp3) is 0.600. The fourth-order valence-corrected chi connectivity index (χ4v) is 5.11. The summed E-state index contributed by atoms with van der Waals surface area (Å²) in [6, 6.07) is 6.50. The van der Waals surface area contributed by atoms with Crippen LogP contribution in [0.3, 0.4) is 0 Å². The number of morpholine rings is 1. The Bertz CT molecular complexity index is 871. The average molecular weight is 437 g/mol. The van der Waals surface area contributed by atoms with E-state index in [1.54, 1.807) is 17.0 Å². The van der Waals surface area contributed by atoms with Crippen LogP contribution in [0.15, 0.2) is 29.2 Å². The maximum Gasteiger partial charge on any atom is 0.253 e. The van der Waals surface area contributed by atoms with Crippen LogP contribution in [0.2, 0.25) is 0 Å². The molecular formula is C20H28N4O5S. The first-order chi connectivity index (χ1) is 14.4. The van der Waals surface area contributed by atoms with Crippen molar-refractivity contribution in [1.29, 1.82) is 0 Å². The minimum atomic E-state index is -3.57. The van der Waals surface area contributed by atoms with Crippen molar-refractivity contribution in [2.75, 3.05) is 59.0 Å². The molecule has 3 aliphatic rings. The second-order valence-electron chi connectivity index (χ2n) is 7.95. The molecule has 1 aliphatic carbocycles. The number of carbonyl (C=O) groups is 2. The second-order valence-corrected chi connectivity index (χ2v) is 9.89. The largest absolute Gasteiger partial charge is 0.379 e. The molecule has 1 saturated carbocycles. The molecule has 30 heavy (non-hydrogen) atoms. The van der Waals surface area contributed by atoms with Crippen molar-refractivity contribution in [3.05, 3.63) is 29.8 Å². The van der Waals surface area contributed by atoms with E-state index < -0.39 is 10.0 Å².